The van der Waals surface area contributed by atoms with E-state index in [1.807, 2.05) is 0 Å². The second kappa shape index (κ2) is 13.9. The molecule has 1 N–H and O–H groups in total. The molecule has 0 heterocycles. The molecule has 3 atom stereocenters. The molecule has 0 saturated heterocycles. The van der Waals surface area contributed by atoms with Gasteiger partial charge in [0, 0.05) is 14.2 Å². The van der Waals surface area contributed by atoms with Crippen molar-refractivity contribution in [3.8, 4) is 0 Å². The molecule has 0 rings (SSSR count). The lowest BCUT2D eigenvalue weighted by Gasteiger charge is -2.16. The minimum atomic E-state index is -1.87. The minimum Gasteiger partial charge on any atom is -0.461 e. The Morgan fingerprint density at radius 3 is 1.63 bits per heavy atom. The summed E-state index contributed by atoms with van der Waals surface area (Å²) in [6.07, 6.45) is -5.15. The third kappa shape index (κ3) is 11.2. The lowest BCUT2D eigenvalue weighted by atomic mass is 10.2. The molecule has 0 aliphatic rings. The Hall–Kier alpha value is -2.24. The topological polar surface area (TPSA) is 144 Å². The molecule has 0 aliphatic carbocycles. The molecule has 156 valence electrons. The van der Waals surface area contributed by atoms with Gasteiger partial charge in [-0.25, -0.2) is 14.4 Å². The van der Waals surface area contributed by atoms with E-state index in [9.17, 15) is 24.3 Å². The third-order valence-electron chi connectivity index (χ3n) is 2.96. The monoisotopic (exact) mass is 394 g/mol. The van der Waals surface area contributed by atoms with Crippen molar-refractivity contribution in [3.63, 3.8) is 0 Å². The zero-order valence-corrected chi connectivity index (χ0v) is 15.8. The van der Waals surface area contributed by atoms with Gasteiger partial charge in [0.1, 0.15) is 13.2 Å². The van der Waals surface area contributed by atoms with Gasteiger partial charge in [-0.3, -0.25) is 4.79 Å². The van der Waals surface area contributed by atoms with Gasteiger partial charge in [-0.15, -0.1) is 0 Å². The zero-order valence-electron chi connectivity index (χ0n) is 15.8. The van der Waals surface area contributed by atoms with E-state index in [2.05, 4.69) is 0 Å². The van der Waals surface area contributed by atoms with Crippen molar-refractivity contribution in [2.45, 2.75) is 38.6 Å². The van der Waals surface area contributed by atoms with Gasteiger partial charge in [0.15, 0.2) is 18.3 Å². The van der Waals surface area contributed by atoms with E-state index < -0.39 is 48.6 Å². The first-order valence-corrected chi connectivity index (χ1v) is 8.12. The second-order valence-electron chi connectivity index (χ2n) is 5.25. The van der Waals surface area contributed by atoms with Gasteiger partial charge >= 0.3 is 23.9 Å². The standard InChI is InChI=1S/C16H26O11/c1-10(14(19)24-7-5-22-3)26-13(18)9-12(17)16(21)27-11(2)15(20)25-8-6-23-4/h10-12,17H,5-9H2,1-4H3. The summed E-state index contributed by atoms with van der Waals surface area (Å²) in [6, 6.07) is 0. The molecule has 0 fully saturated rings. The quantitative estimate of drug-likeness (QED) is 0.233. The van der Waals surface area contributed by atoms with Crippen LogP contribution >= 0.6 is 0 Å². The highest BCUT2D eigenvalue weighted by Gasteiger charge is 2.28. The molecule has 0 aromatic heterocycles. The highest BCUT2D eigenvalue weighted by molar-refractivity contribution is 5.85. The smallest absolute Gasteiger partial charge is 0.347 e. The predicted octanol–water partition coefficient (Wildman–Crippen LogP) is -1.02. The van der Waals surface area contributed by atoms with Crippen molar-refractivity contribution in [1.29, 1.82) is 0 Å². The van der Waals surface area contributed by atoms with Crippen molar-refractivity contribution < 1.29 is 52.7 Å². The van der Waals surface area contributed by atoms with E-state index in [1.165, 1.54) is 28.1 Å². The first-order valence-electron chi connectivity index (χ1n) is 8.12. The van der Waals surface area contributed by atoms with Gasteiger partial charge in [0.05, 0.1) is 19.6 Å². The number of ether oxygens (including phenoxy) is 6. The van der Waals surface area contributed by atoms with E-state index in [4.69, 9.17) is 28.4 Å². The van der Waals surface area contributed by atoms with Crippen LogP contribution in [0.15, 0.2) is 0 Å². The van der Waals surface area contributed by atoms with E-state index >= 15 is 0 Å². The maximum Gasteiger partial charge on any atom is 0.347 e. The third-order valence-corrected chi connectivity index (χ3v) is 2.96. The number of methoxy groups -OCH3 is 2. The van der Waals surface area contributed by atoms with Crippen LogP contribution in [0, 0.1) is 0 Å². The normalized spacial score (nSPS) is 13.8. The summed E-state index contributed by atoms with van der Waals surface area (Å²) < 4.78 is 28.4. The van der Waals surface area contributed by atoms with Gasteiger partial charge in [-0.1, -0.05) is 0 Å². The molecule has 0 amide bonds. The van der Waals surface area contributed by atoms with Crippen LogP contribution in [0.2, 0.25) is 0 Å². The van der Waals surface area contributed by atoms with Crippen molar-refractivity contribution in [1.82, 2.24) is 0 Å². The second-order valence-corrected chi connectivity index (χ2v) is 5.25. The van der Waals surface area contributed by atoms with Crippen LogP contribution in [0.25, 0.3) is 0 Å². The predicted molar refractivity (Wildman–Crippen MR) is 87.4 cm³/mol. The lowest BCUT2D eigenvalue weighted by Crippen LogP contribution is -2.35. The molecule has 27 heavy (non-hydrogen) atoms. The molecule has 3 unspecified atom stereocenters. The summed E-state index contributed by atoms with van der Waals surface area (Å²) in [4.78, 5) is 46.4. The number of hydrogen-bond acceptors (Lipinski definition) is 11. The first-order chi connectivity index (χ1) is 12.7. The Morgan fingerprint density at radius 2 is 1.19 bits per heavy atom. The summed E-state index contributed by atoms with van der Waals surface area (Å²) >= 11 is 0. The molecule has 0 spiro atoms. The molecular formula is C16H26O11. The van der Waals surface area contributed by atoms with Crippen LogP contribution < -0.4 is 0 Å². The SMILES string of the molecule is COCCOC(=O)C(C)OC(=O)CC(O)C(=O)OC(C)C(=O)OCCOC. The molecule has 0 saturated carbocycles. The average molecular weight is 394 g/mol. The van der Waals surface area contributed by atoms with Gasteiger partial charge in [-0.05, 0) is 13.8 Å². The van der Waals surface area contributed by atoms with Crippen LogP contribution in [-0.2, 0) is 47.6 Å². The Kier molecular flexibility index (Phi) is 12.7. The molecule has 0 aromatic rings. The van der Waals surface area contributed by atoms with Gasteiger partial charge in [0.25, 0.3) is 0 Å². The Balaban J connectivity index is 4.27. The van der Waals surface area contributed by atoms with E-state index in [-0.39, 0.29) is 26.4 Å². The maximum atomic E-state index is 11.7. The van der Waals surface area contributed by atoms with Crippen LogP contribution in [0.4, 0.5) is 0 Å². The number of carbonyl (C=O) groups excluding carboxylic acids is 4. The van der Waals surface area contributed by atoms with Gasteiger partial charge in [-0.2, -0.15) is 0 Å². The van der Waals surface area contributed by atoms with E-state index in [0.717, 1.165) is 0 Å². The lowest BCUT2D eigenvalue weighted by molar-refractivity contribution is -0.176. The maximum absolute atomic E-state index is 11.7. The summed E-state index contributed by atoms with van der Waals surface area (Å²) in [6.45, 7) is 2.84. The van der Waals surface area contributed by atoms with Crippen molar-refractivity contribution >= 4 is 23.9 Å². The molecule has 11 nitrogen and oxygen atoms in total. The zero-order chi connectivity index (χ0) is 20.8. The Bertz CT molecular complexity index is 491. The summed E-state index contributed by atoms with van der Waals surface area (Å²) in [5.41, 5.74) is 0. The number of esters is 4. The van der Waals surface area contributed by atoms with Gasteiger partial charge in [0.2, 0.25) is 0 Å². The van der Waals surface area contributed by atoms with Crippen LogP contribution in [0.3, 0.4) is 0 Å². The Morgan fingerprint density at radius 1 is 0.741 bits per heavy atom. The number of aliphatic hydroxyl groups excluding tert-OH is 1. The first kappa shape index (κ1) is 24.8. The highest BCUT2D eigenvalue weighted by Crippen LogP contribution is 2.05. The number of rotatable bonds is 13. The van der Waals surface area contributed by atoms with E-state index in [0.29, 0.717) is 0 Å². The fourth-order valence-electron chi connectivity index (χ4n) is 1.52. The summed E-state index contributed by atoms with van der Waals surface area (Å²) in [7, 11) is 2.85. The van der Waals surface area contributed by atoms with Crippen molar-refractivity contribution in [2.24, 2.45) is 0 Å². The largest absolute Gasteiger partial charge is 0.461 e. The molecule has 0 aliphatic heterocycles. The number of carbonyl (C=O) groups is 4. The Labute approximate surface area is 156 Å². The van der Waals surface area contributed by atoms with Crippen molar-refractivity contribution in [2.75, 3.05) is 40.6 Å². The van der Waals surface area contributed by atoms with Gasteiger partial charge < -0.3 is 33.5 Å². The molecule has 0 radical (unpaired) electrons. The van der Waals surface area contributed by atoms with Crippen LogP contribution in [0.1, 0.15) is 20.3 Å². The fourth-order valence-corrected chi connectivity index (χ4v) is 1.52. The average Bonchev–Trinajstić information content (AvgIpc) is 2.61. The molecule has 0 aromatic carbocycles. The van der Waals surface area contributed by atoms with E-state index in [1.54, 1.807) is 0 Å². The van der Waals surface area contributed by atoms with Crippen LogP contribution in [-0.4, -0.2) is 87.9 Å². The molecule has 0 bridgehead atoms. The highest BCUT2D eigenvalue weighted by atomic mass is 16.6. The number of aliphatic hydroxyl groups is 1. The summed E-state index contributed by atoms with van der Waals surface area (Å²) in [5, 5.41) is 9.68. The van der Waals surface area contributed by atoms with Crippen molar-refractivity contribution in [3.05, 3.63) is 0 Å². The molecule has 11 heteroatoms. The minimum absolute atomic E-state index is 0.00938. The number of hydrogen-bond donors (Lipinski definition) is 1. The fraction of sp³-hybridized carbons (Fsp3) is 0.750. The summed E-state index contributed by atoms with van der Waals surface area (Å²) in [5.74, 6) is -3.86. The van der Waals surface area contributed by atoms with Crippen LogP contribution in [0.5, 0.6) is 0 Å². The molecular weight excluding hydrogens is 368 g/mol.